The van der Waals surface area contributed by atoms with Gasteiger partial charge in [-0.2, -0.15) is 0 Å². The number of aryl methyl sites for hydroxylation is 1. The lowest BCUT2D eigenvalue weighted by Gasteiger charge is -2.25. The van der Waals surface area contributed by atoms with Crippen molar-refractivity contribution in [2.24, 2.45) is 0 Å². The maximum absolute atomic E-state index is 12.8. The van der Waals surface area contributed by atoms with Crippen LogP contribution in [0.2, 0.25) is 0 Å². The first-order valence-corrected chi connectivity index (χ1v) is 11.4. The van der Waals surface area contributed by atoms with Gasteiger partial charge in [-0.15, -0.1) is 0 Å². The molecular weight excluding hydrogens is 426 g/mol. The van der Waals surface area contributed by atoms with E-state index in [4.69, 9.17) is 9.47 Å². The monoisotopic (exact) mass is 451 g/mol. The molecule has 1 amide bonds. The number of methoxy groups -OCH3 is 1. The quantitative estimate of drug-likeness (QED) is 0.412. The van der Waals surface area contributed by atoms with E-state index >= 15 is 0 Å². The van der Waals surface area contributed by atoms with E-state index in [0.29, 0.717) is 34.6 Å². The maximum atomic E-state index is 12.8. The van der Waals surface area contributed by atoms with Crippen LogP contribution in [0.1, 0.15) is 41.5 Å². The number of nitrogens with one attached hydrogen (secondary N) is 2. The number of carbonyl (C=O) groups excluding carboxylic acids is 1. The van der Waals surface area contributed by atoms with E-state index < -0.39 is 5.92 Å². The van der Waals surface area contributed by atoms with E-state index in [-0.39, 0.29) is 17.9 Å². The van der Waals surface area contributed by atoms with Crippen LogP contribution in [0, 0.1) is 6.92 Å². The van der Waals surface area contributed by atoms with Gasteiger partial charge in [-0.3, -0.25) is 9.59 Å². The molecule has 0 bridgehead atoms. The standard InChI is InChI=1S/C24H25N3O4S/c1-4-32-24-26-22-21(23(29)27-24)17(12-20(28)25-22)15-9-10-18(19(11-15)30-3)31-13-16-8-6-5-7-14(16)2/h5-11,17H,4,12-13H2,1-3H3,(H2,25,26,27,28,29). The second kappa shape index (κ2) is 9.48. The topological polar surface area (TPSA) is 93.3 Å². The number of carbonyl (C=O) groups is 1. The lowest BCUT2D eigenvalue weighted by atomic mass is 9.86. The van der Waals surface area contributed by atoms with Gasteiger partial charge in [0.2, 0.25) is 5.91 Å². The zero-order valence-electron chi connectivity index (χ0n) is 18.2. The van der Waals surface area contributed by atoms with Crippen molar-refractivity contribution in [3.63, 3.8) is 0 Å². The molecule has 2 N–H and O–H groups in total. The number of hydrogen-bond acceptors (Lipinski definition) is 6. The molecule has 2 heterocycles. The van der Waals surface area contributed by atoms with Gasteiger partial charge in [0.25, 0.3) is 5.56 Å². The van der Waals surface area contributed by atoms with Gasteiger partial charge in [0.05, 0.1) is 12.7 Å². The number of rotatable bonds is 7. The Labute approximate surface area is 190 Å². The molecule has 166 valence electrons. The first kappa shape index (κ1) is 22.0. The number of aromatic amines is 1. The Balaban J connectivity index is 1.65. The number of thioether (sulfide) groups is 1. The maximum Gasteiger partial charge on any atom is 0.257 e. The van der Waals surface area contributed by atoms with Crippen LogP contribution in [0.3, 0.4) is 0 Å². The van der Waals surface area contributed by atoms with E-state index in [1.165, 1.54) is 11.8 Å². The summed E-state index contributed by atoms with van der Waals surface area (Å²) in [5, 5.41) is 3.24. The molecular formula is C24H25N3O4S. The molecule has 1 atom stereocenters. The van der Waals surface area contributed by atoms with Gasteiger partial charge < -0.3 is 19.8 Å². The average Bonchev–Trinajstić information content (AvgIpc) is 2.78. The van der Waals surface area contributed by atoms with Crippen LogP contribution < -0.4 is 20.3 Å². The molecule has 0 spiro atoms. The van der Waals surface area contributed by atoms with Crippen molar-refractivity contribution in [1.82, 2.24) is 9.97 Å². The van der Waals surface area contributed by atoms with Crippen molar-refractivity contribution >= 4 is 23.5 Å². The van der Waals surface area contributed by atoms with Crippen molar-refractivity contribution in [3.8, 4) is 11.5 Å². The van der Waals surface area contributed by atoms with E-state index in [1.807, 2.05) is 56.3 Å². The van der Waals surface area contributed by atoms with Crippen LogP contribution in [0.25, 0.3) is 0 Å². The Hall–Kier alpha value is -3.26. The fourth-order valence-electron chi connectivity index (χ4n) is 3.79. The highest BCUT2D eigenvalue weighted by Gasteiger charge is 2.31. The van der Waals surface area contributed by atoms with Gasteiger partial charge in [0, 0.05) is 12.3 Å². The van der Waals surface area contributed by atoms with Gasteiger partial charge in [-0.05, 0) is 41.5 Å². The number of amides is 1. The Kier molecular flexibility index (Phi) is 6.50. The first-order valence-electron chi connectivity index (χ1n) is 10.4. The molecule has 1 unspecified atom stereocenters. The number of ether oxygens (including phenoxy) is 2. The largest absolute Gasteiger partial charge is 0.493 e. The number of benzene rings is 2. The number of aromatic nitrogens is 2. The fraction of sp³-hybridized carbons (Fsp3) is 0.292. The summed E-state index contributed by atoms with van der Waals surface area (Å²) in [4.78, 5) is 32.5. The summed E-state index contributed by atoms with van der Waals surface area (Å²) < 4.78 is 11.6. The molecule has 0 saturated heterocycles. The minimum absolute atomic E-state index is 0.157. The Morgan fingerprint density at radius 2 is 1.97 bits per heavy atom. The minimum atomic E-state index is -0.421. The molecule has 32 heavy (non-hydrogen) atoms. The molecule has 0 aliphatic carbocycles. The highest BCUT2D eigenvalue weighted by molar-refractivity contribution is 7.99. The summed E-state index contributed by atoms with van der Waals surface area (Å²) >= 11 is 1.42. The molecule has 0 radical (unpaired) electrons. The van der Waals surface area contributed by atoms with Crippen LogP contribution >= 0.6 is 11.8 Å². The Morgan fingerprint density at radius 3 is 2.72 bits per heavy atom. The smallest absolute Gasteiger partial charge is 0.257 e. The number of nitrogens with zero attached hydrogens (tertiary/aromatic N) is 1. The molecule has 1 aliphatic heterocycles. The van der Waals surface area contributed by atoms with Gasteiger partial charge >= 0.3 is 0 Å². The predicted octanol–water partition coefficient (Wildman–Crippen LogP) is 4.25. The van der Waals surface area contributed by atoms with Crippen molar-refractivity contribution in [2.45, 2.75) is 37.9 Å². The van der Waals surface area contributed by atoms with Crippen LogP contribution in [0.15, 0.2) is 52.4 Å². The molecule has 1 aliphatic rings. The van der Waals surface area contributed by atoms with Crippen molar-refractivity contribution < 1.29 is 14.3 Å². The molecule has 2 aromatic carbocycles. The molecule has 0 fully saturated rings. The lowest BCUT2D eigenvalue weighted by molar-refractivity contribution is -0.116. The van der Waals surface area contributed by atoms with Crippen molar-refractivity contribution in [2.75, 3.05) is 18.2 Å². The predicted molar refractivity (Wildman–Crippen MR) is 125 cm³/mol. The average molecular weight is 452 g/mol. The first-order chi connectivity index (χ1) is 15.5. The summed E-state index contributed by atoms with van der Waals surface area (Å²) in [6, 6.07) is 13.6. The van der Waals surface area contributed by atoms with Gasteiger partial charge in [0.1, 0.15) is 12.4 Å². The normalized spacial score (nSPS) is 15.1. The highest BCUT2D eigenvalue weighted by atomic mass is 32.2. The zero-order chi connectivity index (χ0) is 22.7. The van der Waals surface area contributed by atoms with Crippen LogP contribution in [0.4, 0.5) is 5.82 Å². The second-order valence-corrected chi connectivity index (χ2v) is 8.75. The number of hydrogen-bond donors (Lipinski definition) is 2. The Bertz CT molecular complexity index is 1210. The fourth-order valence-corrected chi connectivity index (χ4v) is 4.38. The van der Waals surface area contributed by atoms with E-state index in [2.05, 4.69) is 15.3 Å². The summed E-state index contributed by atoms with van der Waals surface area (Å²) in [5.41, 5.74) is 3.26. The van der Waals surface area contributed by atoms with Crippen molar-refractivity contribution in [1.29, 1.82) is 0 Å². The zero-order valence-corrected chi connectivity index (χ0v) is 19.0. The third-order valence-corrected chi connectivity index (χ3v) is 6.20. The molecule has 8 heteroatoms. The molecule has 0 saturated carbocycles. The summed E-state index contributed by atoms with van der Waals surface area (Å²) in [7, 11) is 1.57. The molecule has 3 aromatic rings. The van der Waals surface area contributed by atoms with E-state index in [0.717, 1.165) is 22.4 Å². The summed E-state index contributed by atoms with van der Waals surface area (Å²) in [5.74, 6) is 1.64. The summed E-state index contributed by atoms with van der Waals surface area (Å²) in [6.45, 7) is 4.43. The molecule has 1 aromatic heterocycles. The molecule has 7 nitrogen and oxygen atoms in total. The second-order valence-electron chi connectivity index (χ2n) is 7.50. The lowest BCUT2D eigenvalue weighted by Crippen LogP contribution is -2.31. The third kappa shape index (κ3) is 4.50. The Morgan fingerprint density at radius 1 is 1.16 bits per heavy atom. The molecule has 4 rings (SSSR count). The number of H-pyrrole nitrogens is 1. The summed E-state index contributed by atoms with van der Waals surface area (Å²) in [6.07, 6.45) is 0.157. The van der Waals surface area contributed by atoms with E-state index in [9.17, 15) is 9.59 Å². The van der Waals surface area contributed by atoms with Crippen molar-refractivity contribution in [3.05, 3.63) is 75.1 Å². The number of anilines is 1. The van der Waals surface area contributed by atoms with Crippen LogP contribution in [-0.4, -0.2) is 28.7 Å². The number of fused-ring (bicyclic) bond motifs is 1. The van der Waals surface area contributed by atoms with Gasteiger partial charge in [-0.1, -0.05) is 49.0 Å². The highest BCUT2D eigenvalue weighted by Crippen LogP contribution is 2.38. The third-order valence-electron chi connectivity index (χ3n) is 5.44. The minimum Gasteiger partial charge on any atom is -0.493 e. The van der Waals surface area contributed by atoms with Gasteiger partial charge in [-0.25, -0.2) is 4.98 Å². The van der Waals surface area contributed by atoms with E-state index in [1.54, 1.807) is 7.11 Å². The van der Waals surface area contributed by atoms with Crippen LogP contribution in [-0.2, 0) is 11.4 Å². The van der Waals surface area contributed by atoms with Crippen LogP contribution in [0.5, 0.6) is 11.5 Å². The van der Waals surface area contributed by atoms with Gasteiger partial charge in [0.15, 0.2) is 16.7 Å². The SMILES string of the molecule is CCSc1nc2c(c(=O)[nH]1)C(c1ccc(OCc3ccccc3C)c(OC)c1)CC(=O)N2.